The summed E-state index contributed by atoms with van der Waals surface area (Å²) >= 11 is 0. The summed E-state index contributed by atoms with van der Waals surface area (Å²) in [5.41, 5.74) is 0. The zero-order valence-corrected chi connectivity index (χ0v) is 4.63. The van der Waals surface area contributed by atoms with Crippen molar-refractivity contribution < 1.29 is 18.2 Å². The first kappa shape index (κ1) is 8.73. The average Bonchev–Trinajstić information content (AvgIpc) is 1.60. The predicted molar refractivity (Wildman–Crippen MR) is 25.1 cm³/mol. The van der Waals surface area contributed by atoms with Crippen molar-refractivity contribution in [2.45, 2.75) is 6.30 Å². The molecule has 0 saturated heterocycles. The molecule has 0 aliphatic heterocycles. The van der Waals surface area contributed by atoms with Crippen LogP contribution < -0.4 is 0 Å². The molecule has 0 spiro atoms. The van der Waals surface area contributed by atoms with Gasteiger partial charge in [-0.15, -0.1) is 13.2 Å². The Labute approximate surface area is 53.7 Å². The molecule has 0 saturated carbocycles. The summed E-state index contributed by atoms with van der Waals surface area (Å²) in [5, 5.41) is 6.88. The van der Waals surface area contributed by atoms with Gasteiger partial charge in [0.25, 0.3) is 0 Å². The zero-order chi connectivity index (χ0) is 8.36. The van der Waals surface area contributed by atoms with Gasteiger partial charge in [-0.3, -0.25) is 0 Å². The third-order valence-electron chi connectivity index (χ3n) is 0.609. The van der Waals surface area contributed by atoms with E-state index < -0.39 is 16.3 Å². The Morgan fingerprint density at radius 1 is 1.60 bits per heavy atom. The molecule has 0 radical (unpaired) electrons. The monoisotopic (exact) mass is 156 g/mol. The molecule has 0 aliphatic rings. The highest BCUT2D eigenvalue weighted by Gasteiger charge is 2.43. The molecule has 58 valence electrons. The number of rotatable bonds is 2. The second-order valence-corrected chi connectivity index (χ2v) is 1.23. The number of hydrogen-bond acceptors (Lipinski definition) is 2. The number of alkyl halides is 3. The number of nitro groups is 1. The third kappa shape index (κ3) is 1.92. The van der Waals surface area contributed by atoms with Crippen molar-refractivity contribution in [2.75, 3.05) is 0 Å². The van der Waals surface area contributed by atoms with Crippen molar-refractivity contribution in [3.05, 3.63) is 22.9 Å². The molecule has 0 aliphatic carbocycles. The highest BCUT2D eigenvalue weighted by atomic mass is 19.4. The number of hydrogen-bond donors (Lipinski definition) is 0. The lowest BCUT2D eigenvalue weighted by Gasteiger charge is -2.10. The number of halogens is 3. The molecule has 0 aromatic heterocycles. The normalized spacial score (nSPS) is 10.7. The molecule has 0 aromatic rings. The van der Waals surface area contributed by atoms with Crippen molar-refractivity contribution in [1.82, 2.24) is 5.01 Å². The molecule has 0 rings (SSSR count). The summed E-state index contributed by atoms with van der Waals surface area (Å²) in [5.74, 6) is 0. The van der Waals surface area contributed by atoms with Crippen LogP contribution in [0.4, 0.5) is 13.2 Å². The summed E-state index contributed by atoms with van der Waals surface area (Å²) in [6, 6.07) is 0. The van der Waals surface area contributed by atoms with Crippen molar-refractivity contribution in [3.8, 4) is 0 Å². The first-order valence-corrected chi connectivity index (χ1v) is 2.02. The maximum atomic E-state index is 11.4. The standard InChI is InChI=1S/C3H3F3N2O2/c1-2-7(8(9)10)3(4,5)6/h2H,1H2. The number of nitrogens with zero attached hydrogens (tertiary/aromatic N) is 2. The van der Waals surface area contributed by atoms with Crippen molar-refractivity contribution in [2.24, 2.45) is 0 Å². The Morgan fingerprint density at radius 2 is 2.00 bits per heavy atom. The molecule has 10 heavy (non-hydrogen) atoms. The lowest BCUT2D eigenvalue weighted by molar-refractivity contribution is -0.691. The van der Waals surface area contributed by atoms with E-state index in [2.05, 4.69) is 6.58 Å². The molecule has 4 nitrogen and oxygen atoms in total. The molecule has 0 amide bonds. The van der Waals surface area contributed by atoms with Crippen molar-refractivity contribution in [3.63, 3.8) is 0 Å². The Balaban J connectivity index is 4.36. The van der Waals surface area contributed by atoms with Crippen LogP contribution in [-0.2, 0) is 0 Å². The maximum Gasteiger partial charge on any atom is 0.540 e. The highest BCUT2D eigenvalue weighted by Crippen LogP contribution is 2.20. The molecule has 0 fully saturated rings. The number of hydrazine groups is 1. The fourth-order valence-electron chi connectivity index (χ4n) is 0.263. The summed E-state index contributed by atoms with van der Waals surface area (Å²) in [7, 11) is 0. The zero-order valence-electron chi connectivity index (χ0n) is 4.63. The van der Waals surface area contributed by atoms with Gasteiger partial charge in [-0.2, -0.15) is 0 Å². The van der Waals surface area contributed by atoms with Gasteiger partial charge < -0.3 is 0 Å². The van der Waals surface area contributed by atoms with Gasteiger partial charge >= 0.3 is 6.30 Å². The summed E-state index contributed by atoms with van der Waals surface area (Å²) in [6.07, 6.45) is -4.91. The first-order chi connectivity index (χ1) is 4.39. The molecular formula is C3H3F3N2O2. The van der Waals surface area contributed by atoms with E-state index in [0.717, 1.165) is 0 Å². The molecule has 0 aromatic carbocycles. The van der Waals surface area contributed by atoms with Crippen LogP contribution in [0.25, 0.3) is 0 Å². The average molecular weight is 156 g/mol. The van der Waals surface area contributed by atoms with Gasteiger partial charge in [0.1, 0.15) is 0 Å². The maximum absolute atomic E-state index is 11.4. The van der Waals surface area contributed by atoms with Crippen LogP contribution in [-0.4, -0.2) is 16.3 Å². The molecule has 0 heterocycles. The molecule has 0 bridgehead atoms. The third-order valence-corrected chi connectivity index (χ3v) is 0.609. The van der Waals surface area contributed by atoms with Crippen LogP contribution in [0.5, 0.6) is 0 Å². The molecule has 0 atom stereocenters. The van der Waals surface area contributed by atoms with Crippen LogP contribution in [0.1, 0.15) is 0 Å². The van der Waals surface area contributed by atoms with E-state index >= 15 is 0 Å². The van der Waals surface area contributed by atoms with Crippen molar-refractivity contribution >= 4 is 0 Å². The lowest BCUT2D eigenvalue weighted by Crippen LogP contribution is -2.37. The minimum absolute atomic E-state index is 0.0833. The highest BCUT2D eigenvalue weighted by molar-refractivity contribution is 4.63. The molecule has 0 N–H and O–H groups in total. The van der Waals surface area contributed by atoms with E-state index in [4.69, 9.17) is 0 Å². The van der Waals surface area contributed by atoms with Gasteiger partial charge in [-0.05, 0) is 5.01 Å². The van der Waals surface area contributed by atoms with E-state index in [1.165, 1.54) is 0 Å². The largest absolute Gasteiger partial charge is 0.540 e. The van der Waals surface area contributed by atoms with E-state index in [1.54, 1.807) is 0 Å². The first-order valence-electron chi connectivity index (χ1n) is 2.02. The molecule has 0 unspecified atom stereocenters. The lowest BCUT2D eigenvalue weighted by atomic mass is 10.9. The Bertz CT molecular complexity index is 154. The fourth-order valence-corrected chi connectivity index (χ4v) is 0.263. The smallest absolute Gasteiger partial charge is 0.234 e. The topological polar surface area (TPSA) is 46.4 Å². The predicted octanol–water partition coefficient (Wildman–Crippen LogP) is 1.14. The van der Waals surface area contributed by atoms with Crippen LogP contribution in [0.15, 0.2) is 12.8 Å². The Hall–Kier alpha value is -1.27. The van der Waals surface area contributed by atoms with E-state index in [9.17, 15) is 23.3 Å². The quantitative estimate of drug-likeness (QED) is 0.342. The van der Waals surface area contributed by atoms with Gasteiger partial charge in [0, 0.05) is 0 Å². The minimum Gasteiger partial charge on any atom is -0.234 e. The van der Waals surface area contributed by atoms with Gasteiger partial charge in [0.05, 0.1) is 6.20 Å². The van der Waals surface area contributed by atoms with E-state index in [-0.39, 0.29) is 6.20 Å². The summed E-state index contributed by atoms with van der Waals surface area (Å²) in [6.45, 7) is 2.61. The summed E-state index contributed by atoms with van der Waals surface area (Å²) in [4.78, 5) is 9.52. The van der Waals surface area contributed by atoms with Crippen LogP contribution in [0.2, 0.25) is 0 Å². The van der Waals surface area contributed by atoms with Gasteiger partial charge in [-0.25, -0.2) is 10.1 Å². The summed E-state index contributed by atoms with van der Waals surface area (Å²) < 4.78 is 34.2. The van der Waals surface area contributed by atoms with E-state index in [0.29, 0.717) is 0 Å². The second-order valence-electron chi connectivity index (χ2n) is 1.23. The molecular weight excluding hydrogens is 153 g/mol. The Kier molecular flexibility index (Phi) is 2.22. The second kappa shape index (κ2) is 2.54. The van der Waals surface area contributed by atoms with Gasteiger partial charge in [0.2, 0.25) is 0 Å². The van der Waals surface area contributed by atoms with Crippen LogP contribution in [0.3, 0.4) is 0 Å². The minimum atomic E-state index is -4.99. The fraction of sp³-hybridized carbons (Fsp3) is 0.333. The van der Waals surface area contributed by atoms with Gasteiger partial charge in [-0.1, -0.05) is 6.58 Å². The van der Waals surface area contributed by atoms with Crippen molar-refractivity contribution in [1.29, 1.82) is 0 Å². The molecule has 7 heteroatoms. The Morgan fingerprint density at radius 3 is 2.00 bits per heavy atom. The SMILES string of the molecule is C=CN([N+](=O)[O-])C(F)(F)F. The van der Waals surface area contributed by atoms with Crippen LogP contribution in [0, 0.1) is 10.1 Å². The van der Waals surface area contributed by atoms with Crippen LogP contribution >= 0.6 is 0 Å². The van der Waals surface area contributed by atoms with E-state index in [1.807, 2.05) is 0 Å². The van der Waals surface area contributed by atoms with Gasteiger partial charge in [0.15, 0.2) is 5.03 Å².